The van der Waals surface area contributed by atoms with E-state index in [0.717, 1.165) is 23.5 Å². The number of aliphatic carboxylic acids is 1. The van der Waals surface area contributed by atoms with Gasteiger partial charge >= 0.3 is 5.97 Å². The van der Waals surface area contributed by atoms with Crippen LogP contribution in [0.4, 0.5) is 0 Å². The molecule has 1 N–H and O–H groups in total. The van der Waals surface area contributed by atoms with Crippen molar-refractivity contribution in [2.45, 2.75) is 40.0 Å². The molecule has 0 aliphatic rings. The van der Waals surface area contributed by atoms with Crippen LogP contribution in [0.15, 0.2) is 30.4 Å². The number of carboxylic acid groups (broad SMARTS) is 1. The van der Waals surface area contributed by atoms with Crippen molar-refractivity contribution in [2.24, 2.45) is 5.92 Å². The van der Waals surface area contributed by atoms with Gasteiger partial charge in [0.25, 0.3) is 0 Å². The van der Waals surface area contributed by atoms with Crippen LogP contribution in [0, 0.1) is 5.92 Å². The highest BCUT2D eigenvalue weighted by atomic mass is 16.5. The Kier molecular flexibility index (Phi) is 5.92. The molecule has 4 nitrogen and oxygen atoms in total. The van der Waals surface area contributed by atoms with E-state index < -0.39 is 5.97 Å². The molecule has 120 valence electrons. The zero-order chi connectivity index (χ0) is 16.9. The summed E-state index contributed by atoms with van der Waals surface area (Å²) in [4.78, 5) is 22.5. The van der Waals surface area contributed by atoms with E-state index >= 15 is 0 Å². The van der Waals surface area contributed by atoms with E-state index in [0.29, 0.717) is 18.1 Å². The number of allylic oxidation sites excluding steroid dienone is 1. The van der Waals surface area contributed by atoms with E-state index in [9.17, 15) is 9.59 Å². The van der Waals surface area contributed by atoms with Gasteiger partial charge in [0.15, 0.2) is 5.78 Å². The molecule has 0 saturated carbocycles. The number of hydrogen-bond acceptors (Lipinski definition) is 3. The molecule has 0 heterocycles. The number of carbonyl (C=O) groups excluding carboxylic acids is 1. The third-order valence-electron chi connectivity index (χ3n) is 3.02. The zero-order valence-corrected chi connectivity index (χ0v) is 13.8. The van der Waals surface area contributed by atoms with Gasteiger partial charge in [-0.2, -0.15) is 0 Å². The van der Waals surface area contributed by atoms with Gasteiger partial charge in [0.1, 0.15) is 5.75 Å². The number of hydrogen-bond donors (Lipinski definition) is 1. The van der Waals surface area contributed by atoms with Gasteiger partial charge in [-0.05, 0) is 35.6 Å². The highest BCUT2D eigenvalue weighted by molar-refractivity contribution is 6.07. The fraction of sp³-hybridized carbons (Fsp3) is 0.444. The first-order chi connectivity index (χ1) is 10.1. The molecule has 0 radical (unpaired) electrons. The minimum Gasteiger partial charge on any atom is -0.493 e. The summed E-state index contributed by atoms with van der Waals surface area (Å²) in [6.45, 7) is 10.9. The predicted octanol–water partition coefficient (Wildman–Crippen LogP) is 3.84. The van der Waals surface area contributed by atoms with Crippen molar-refractivity contribution in [3.63, 3.8) is 0 Å². The second-order valence-corrected chi connectivity index (χ2v) is 6.70. The number of carbonyl (C=O) groups is 2. The Labute approximate surface area is 131 Å². The lowest BCUT2D eigenvalue weighted by atomic mass is 9.85. The third kappa shape index (κ3) is 5.35. The van der Waals surface area contributed by atoms with E-state index in [4.69, 9.17) is 9.84 Å². The van der Waals surface area contributed by atoms with Gasteiger partial charge < -0.3 is 9.84 Å². The maximum atomic E-state index is 12.0. The second kappa shape index (κ2) is 7.25. The first-order valence-corrected chi connectivity index (χ1v) is 7.34. The Balaban J connectivity index is 3.14. The van der Waals surface area contributed by atoms with Crippen LogP contribution in [0.3, 0.4) is 0 Å². The molecule has 0 saturated heterocycles. The highest BCUT2D eigenvalue weighted by Gasteiger charge is 2.21. The number of ketones is 1. The smallest absolute Gasteiger partial charge is 0.328 e. The monoisotopic (exact) mass is 304 g/mol. The standard InChI is InChI=1S/C18H24O4/c1-12(2)11-22-16-8-6-13(10-14(16)18(3,4)5)15(19)7-9-17(20)21/h6-10,12H,11H2,1-5H3,(H,20,21)/b9-7+. The van der Waals surface area contributed by atoms with E-state index in [2.05, 4.69) is 13.8 Å². The Morgan fingerprint density at radius 2 is 1.86 bits per heavy atom. The first kappa shape index (κ1) is 18.0. The molecule has 0 unspecified atom stereocenters. The largest absolute Gasteiger partial charge is 0.493 e. The Morgan fingerprint density at radius 3 is 2.36 bits per heavy atom. The minimum atomic E-state index is -1.14. The molecule has 0 fully saturated rings. The molecule has 1 rings (SSSR count). The molecule has 0 aliphatic carbocycles. The molecule has 1 aromatic carbocycles. The quantitative estimate of drug-likeness (QED) is 0.640. The van der Waals surface area contributed by atoms with Gasteiger partial charge in [-0.3, -0.25) is 4.79 Å². The van der Waals surface area contributed by atoms with Crippen LogP contribution < -0.4 is 4.74 Å². The van der Waals surface area contributed by atoms with Crippen LogP contribution in [-0.4, -0.2) is 23.5 Å². The van der Waals surface area contributed by atoms with Gasteiger partial charge in [-0.25, -0.2) is 4.79 Å². The van der Waals surface area contributed by atoms with Crippen molar-refractivity contribution < 1.29 is 19.4 Å². The minimum absolute atomic E-state index is 0.181. The van der Waals surface area contributed by atoms with Crippen LogP contribution in [-0.2, 0) is 10.2 Å². The summed E-state index contributed by atoms with van der Waals surface area (Å²) >= 11 is 0. The molecular weight excluding hydrogens is 280 g/mol. The Bertz CT molecular complexity index is 577. The highest BCUT2D eigenvalue weighted by Crippen LogP contribution is 2.32. The lowest BCUT2D eigenvalue weighted by Gasteiger charge is -2.24. The summed E-state index contributed by atoms with van der Waals surface area (Å²) in [5, 5.41) is 8.60. The topological polar surface area (TPSA) is 63.6 Å². The summed E-state index contributed by atoms with van der Waals surface area (Å²) < 4.78 is 5.83. The zero-order valence-electron chi connectivity index (χ0n) is 13.8. The van der Waals surface area contributed by atoms with E-state index in [1.54, 1.807) is 18.2 Å². The third-order valence-corrected chi connectivity index (χ3v) is 3.02. The molecule has 0 atom stereocenters. The van der Waals surface area contributed by atoms with Crippen molar-refractivity contribution in [3.8, 4) is 5.75 Å². The molecule has 1 aromatic rings. The molecular formula is C18H24O4. The van der Waals surface area contributed by atoms with Crippen LogP contribution in [0.1, 0.15) is 50.5 Å². The van der Waals surface area contributed by atoms with Crippen LogP contribution >= 0.6 is 0 Å². The van der Waals surface area contributed by atoms with Crippen LogP contribution in [0.5, 0.6) is 5.75 Å². The number of rotatable bonds is 6. The fourth-order valence-electron chi connectivity index (χ4n) is 1.89. The Hall–Kier alpha value is -2.10. The van der Waals surface area contributed by atoms with Gasteiger partial charge in [0.2, 0.25) is 0 Å². The average molecular weight is 304 g/mol. The summed E-state index contributed by atoms with van der Waals surface area (Å²) in [5.41, 5.74) is 1.21. The summed E-state index contributed by atoms with van der Waals surface area (Å²) in [6, 6.07) is 5.23. The number of ether oxygens (including phenoxy) is 1. The Morgan fingerprint density at radius 1 is 1.23 bits per heavy atom. The molecule has 0 amide bonds. The summed E-state index contributed by atoms with van der Waals surface area (Å²) in [6.07, 6.45) is 1.92. The SMILES string of the molecule is CC(C)COc1ccc(C(=O)/C=C/C(=O)O)cc1C(C)(C)C. The average Bonchev–Trinajstić information content (AvgIpc) is 2.41. The lowest BCUT2D eigenvalue weighted by molar-refractivity contribution is -0.131. The first-order valence-electron chi connectivity index (χ1n) is 7.34. The van der Waals surface area contributed by atoms with E-state index in [1.165, 1.54) is 0 Å². The van der Waals surface area contributed by atoms with Gasteiger partial charge in [-0.1, -0.05) is 34.6 Å². The van der Waals surface area contributed by atoms with Gasteiger partial charge in [-0.15, -0.1) is 0 Å². The fourth-order valence-corrected chi connectivity index (χ4v) is 1.89. The van der Waals surface area contributed by atoms with Crippen molar-refractivity contribution >= 4 is 11.8 Å². The lowest BCUT2D eigenvalue weighted by Crippen LogP contribution is -2.16. The molecule has 22 heavy (non-hydrogen) atoms. The molecule has 0 aromatic heterocycles. The number of benzene rings is 1. The van der Waals surface area contributed by atoms with Crippen LogP contribution in [0.25, 0.3) is 0 Å². The van der Waals surface area contributed by atoms with Crippen molar-refractivity contribution in [2.75, 3.05) is 6.61 Å². The molecule has 0 spiro atoms. The van der Waals surface area contributed by atoms with Crippen LogP contribution in [0.2, 0.25) is 0 Å². The second-order valence-electron chi connectivity index (χ2n) is 6.70. The molecule has 0 aliphatic heterocycles. The molecule has 4 heteroatoms. The maximum Gasteiger partial charge on any atom is 0.328 e. The predicted molar refractivity (Wildman–Crippen MR) is 86.6 cm³/mol. The van der Waals surface area contributed by atoms with E-state index in [1.807, 2.05) is 20.8 Å². The summed E-state index contributed by atoms with van der Waals surface area (Å²) in [5.74, 6) is -0.294. The summed E-state index contributed by atoms with van der Waals surface area (Å²) in [7, 11) is 0. The van der Waals surface area contributed by atoms with E-state index in [-0.39, 0.29) is 11.2 Å². The van der Waals surface area contributed by atoms with Gasteiger partial charge in [0.05, 0.1) is 6.61 Å². The van der Waals surface area contributed by atoms with Crippen molar-refractivity contribution in [1.29, 1.82) is 0 Å². The van der Waals surface area contributed by atoms with Crippen molar-refractivity contribution in [1.82, 2.24) is 0 Å². The maximum absolute atomic E-state index is 12.0. The normalized spacial score (nSPS) is 11.9. The van der Waals surface area contributed by atoms with Gasteiger partial charge in [0, 0.05) is 17.2 Å². The number of carboxylic acids is 1. The molecule has 0 bridgehead atoms. The van der Waals surface area contributed by atoms with Crippen molar-refractivity contribution in [3.05, 3.63) is 41.5 Å².